The first kappa shape index (κ1) is 25.5. The van der Waals surface area contributed by atoms with Gasteiger partial charge in [-0.3, -0.25) is 0 Å². The first-order chi connectivity index (χ1) is 11.3. The van der Waals surface area contributed by atoms with Crippen LogP contribution in [0.3, 0.4) is 0 Å². The molecule has 0 saturated carbocycles. The summed E-state index contributed by atoms with van der Waals surface area (Å²) in [6.45, 7) is 5.05. The van der Waals surface area contributed by atoms with Crippen molar-refractivity contribution < 1.29 is 38.1 Å². The van der Waals surface area contributed by atoms with Crippen LogP contribution in [0.25, 0.3) is 0 Å². The zero-order chi connectivity index (χ0) is 18.7. The van der Waals surface area contributed by atoms with Gasteiger partial charge in [-0.25, -0.2) is 0 Å². The molecule has 8 heteroatoms. The number of quaternary nitrogens is 1. The van der Waals surface area contributed by atoms with Crippen molar-refractivity contribution in [1.82, 2.24) is 0 Å². The van der Waals surface area contributed by atoms with Gasteiger partial charge in [-0.2, -0.15) is 0 Å². The third-order valence-corrected chi connectivity index (χ3v) is 2.59. The van der Waals surface area contributed by atoms with Crippen LogP contribution in [-0.4, -0.2) is 105 Å². The van der Waals surface area contributed by atoms with Gasteiger partial charge in [0.05, 0.1) is 74.0 Å². The van der Waals surface area contributed by atoms with Crippen LogP contribution < -0.4 is 5.11 Å². The number of nitrogens with zero attached hydrogens (tertiary/aromatic N) is 1. The second-order valence-corrected chi connectivity index (χ2v) is 5.96. The van der Waals surface area contributed by atoms with Crippen molar-refractivity contribution in [3.8, 4) is 0 Å². The standard InChI is InChI=1S/C10H20O6.C6H16NO/c1-13-4-5-15-8-9-16-7-6-14-3-2-10(11)12;1-7(2,3)5-6-8-4/h2-9H2,1H3,(H,11,12);5-6H2,1-4H3/q;+1/p-1. The Morgan fingerprint density at radius 2 is 1.17 bits per heavy atom. The smallest absolute Gasteiger partial charge is 0.102 e. The minimum Gasteiger partial charge on any atom is -0.550 e. The maximum absolute atomic E-state index is 10.0. The number of ether oxygens (including phenoxy) is 5. The molecular formula is C16H35NO7. The monoisotopic (exact) mass is 353 g/mol. The largest absolute Gasteiger partial charge is 0.550 e. The number of hydrogen-bond donors (Lipinski definition) is 0. The summed E-state index contributed by atoms with van der Waals surface area (Å²) in [7, 11) is 9.80. The molecule has 0 radical (unpaired) electrons. The molecule has 0 saturated heterocycles. The Balaban J connectivity index is 0. The summed E-state index contributed by atoms with van der Waals surface area (Å²) < 4.78 is 26.0. The quantitative estimate of drug-likeness (QED) is 0.280. The lowest BCUT2D eigenvalue weighted by molar-refractivity contribution is -0.870. The number of methoxy groups -OCH3 is 2. The molecule has 0 amide bonds. The van der Waals surface area contributed by atoms with Crippen LogP contribution in [0.15, 0.2) is 0 Å². The molecule has 0 aliphatic rings. The molecule has 0 unspecified atom stereocenters. The van der Waals surface area contributed by atoms with Crippen molar-refractivity contribution >= 4 is 5.97 Å². The molecule has 8 nitrogen and oxygen atoms in total. The van der Waals surface area contributed by atoms with Crippen molar-refractivity contribution in [2.75, 3.05) is 94.8 Å². The third kappa shape index (κ3) is 29.3. The van der Waals surface area contributed by atoms with Crippen LogP contribution in [-0.2, 0) is 28.5 Å². The van der Waals surface area contributed by atoms with Gasteiger partial charge in [0.2, 0.25) is 0 Å². The molecule has 0 fully saturated rings. The number of carboxylic acids is 1. The number of likely N-dealkylation sites (N-methyl/N-ethyl adjacent to an activating group) is 1. The Hall–Kier alpha value is -0.770. The van der Waals surface area contributed by atoms with Crippen LogP contribution in [0, 0.1) is 0 Å². The minimum absolute atomic E-state index is 0.0832. The van der Waals surface area contributed by atoms with Crippen LogP contribution in [0.4, 0.5) is 0 Å². The van der Waals surface area contributed by atoms with Gasteiger partial charge in [0.15, 0.2) is 0 Å². The number of hydrogen-bond acceptors (Lipinski definition) is 7. The van der Waals surface area contributed by atoms with Crippen molar-refractivity contribution in [3.63, 3.8) is 0 Å². The first-order valence-corrected chi connectivity index (χ1v) is 8.05. The zero-order valence-corrected chi connectivity index (χ0v) is 15.9. The molecule has 0 atom stereocenters. The molecule has 0 aromatic rings. The van der Waals surface area contributed by atoms with Gasteiger partial charge in [0.25, 0.3) is 0 Å². The highest BCUT2D eigenvalue weighted by molar-refractivity contribution is 5.64. The first-order valence-electron chi connectivity index (χ1n) is 8.05. The number of carboxylic acid groups (broad SMARTS) is 1. The van der Waals surface area contributed by atoms with Gasteiger partial charge in [-0.05, 0) is 0 Å². The van der Waals surface area contributed by atoms with Crippen molar-refractivity contribution in [1.29, 1.82) is 0 Å². The van der Waals surface area contributed by atoms with Crippen LogP contribution >= 0.6 is 0 Å². The zero-order valence-electron chi connectivity index (χ0n) is 15.9. The fourth-order valence-corrected chi connectivity index (χ4v) is 1.20. The SMILES string of the molecule is COCCOCCOCCOCCC(=O)[O-].COCC[N+](C)(C)C. The molecule has 24 heavy (non-hydrogen) atoms. The molecule has 146 valence electrons. The third-order valence-electron chi connectivity index (χ3n) is 2.59. The van der Waals surface area contributed by atoms with Crippen molar-refractivity contribution in [2.24, 2.45) is 0 Å². The number of carbonyl (C=O) groups excluding carboxylic acids is 1. The van der Waals surface area contributed by atoms with E-state index in [0.717, 1.165) is 17.6 Å². The Morgan fingerprint density at radius 1 is 0.750 bits per heavy atom. The molecule has 0 spiro atoms. The van der Waals surface area contributed by atoms with Crippen LogP contribution in [0.2, 0.25) is 0 Å². The van der Waals surface area contributed by atoms with Crippen molar-refractivity contribution in [3.05, 3.63) is 0 Å². The fraction of sp³-hybridized carbons (Fsp3) is 0.938. The van der Waals surface area contributed by atoms with E-state index in [2.05, 4.69) is 21.1 Å². The average molecular weight is 353 g/mol. The van der Waals surface area contributed by atoms with Crippen LogP contribution in [0.1, 0.15) is 6.42 Å². The summed E-state index contributed by atoms with van der Waals surface area (Å²) in [6.07, 6.45) is -0.0832. The second-order valence-electron chi connectivity index (χ2n) is 5.96. The lowest BCUT2D eigenvalue weighted by Crippen LogP contribution is -2.37. The summed E-state index contributed by atoms with van der Waals surface area (Å²) in [4.78, 5) is 10.0. The van der Waals surface area contributed by atoms with E-state index in [-0.39, 0.29) is 13.0 Å². The van der Waals surface area contributed by atoms with E-state index in [1.807, 2.05) is 0 Å². The highest BCUT2D eigenvalue weighted by atomic mass is 16.6. The Labute approximate surface area is 146 Å². The molecule has 0 heterocycles. The predicted molar refractivity (Wildman–Crippen MR) is 88.7 cm³/mol. The Bertz CT molecular complexity index is 270. The van der Waals surface area contributed by atoms with Gasteiger partial charge in [0.1, 0.15) is 6.54 Å². The molecular weight excluding hydrogens is 318 g/mol. The maximum atomic E-state index is 10.0. The highest BCUT2D eigenvalue weighted by Gasteiger charge is 2.03. The predicted octanol–water partition coefficient (Wildman–Crippen LogP) is -0.838. The summed E-state index contributed by atoms with van der Waals surface area (Å²) >= 11 is 0. The van der Waals surface area contributed by atoms with Gasteiger partial charge >= 0.3 is 0 Å². The van der Waals surface area contributed by atoms with Crippen molar-refractivity contribution in [2.45, 2.75) is 6.42 Å². The highest BCUT2D eigenvalue weighted by Crippen LogP contribution is 1.87. The maximum Gasteiger partial charge on any atom is 0.102 e. The molecule has 0 aromatic carbocycles. The second kappa shape index (κ2) is 18.6. The lowest BCUT2D eigenvalue weighted by Gasteiger charge is -2.22. The van der Waals surface area contributed by atoms with Gasteiger partial charge in [0, 0.05) is 26.6 Å². The summed E-state index contributed by atoms with van der Waals surface area (Å²) in [5.41, 5.74) is 0. The van der Waals surface area contributed by atoms with E-state index < -0.39 is 5.97 Å². The summed E-state index contributed by atoms with van der Waals surface area (Å²) in [6, 6.07) is 0. The van der Waals surface area contributed by atoms with E-state index in [9.17, 15) is 9.90 Å². The number of aliphatic carboxylic acids is 1. The fourth-order valence-electron chi connectivity index (χ4n) is 1.20. The lowest BCUT2D eigenvalue weighted by atomic mass is 10.5. The minimum atomic E-state index is -1.10. The van der Waals surface area contributed by atoms with Gasteiger partial charge in [-0.1, -0.05) is 0 Å². The van der Waals surface area contributed by atoms with Gasteiger partial charge < -0.3 is 38.1 Å². The normalized spacial score (nSPS) is 11.0. The van der Waals surface area contributed by atoms with Crippen LogP contribution in [0.5, 0.6) is 0 Å². The Kier molecular flexibility index (Phi) is 19.7. The summed E-state index contributed by atoms with van der Waals surface area (Å²) in [5, 5.41) is 10.0. The number of carbonyl (C=O) groups is 1. The molecule has 0 aliphatic carbocycles. The molecule has 0 N–H and O–H groups in total. The van der Waals surface area contributed by atoms with E-state index >= 15 is 0 Å². The average Bonchev–Trinajstić information content (AvgIpc) is 2.50. The summed E-state index contributed by atoms with van der Waals surface area (Å²) in [5.74, 6) is -1.10. The molecule has 0 rings (SSSR count). The van der Waals surface area contributed by atoms with E-state index in [1.54, 1.807) is 14.2 Å². The van der Waals surface area contributed by atoms with Gasteiger partial charge in [-0.15, -0.1) is 0 Å². The van der Waals surface area contributed by atoms with E-state index in [0.29, 0.717) is 39.6 Å². The molecule has 0 bridgehead atoms. The topological polar surface area (TPSA) is 86.3 Å². The molecule has 0 aromatic heterocycles. The Morgan fingerprint density at radius 3 is 1.50 bits per heavy atom. The molecule has 0 aliphatic heterocycles. The van der Waals surface area contributed by atoms with E-state index in [1.165, 1.54) is 0 Å². The van der Waals surface area contributed by atoms with E-state index in [4.69, 9.17) is 23.7 Å². The number of rotatable bonds is 15.